The molecule has 5 nitrogen and oxygen atoms in total. The van der Waals surface area contributed by atoms with Crippen molar-refractivity contribution in [2.24, 2.45) is 5.92 Å². The van der Waals surface area contributed by atoms with Gasteiger partial charge in [-0.25, -0.2) is 0 Å². The van der Waals surface area contributed by atoms with Crippen molar-refractivity contribution in [3.8, 4) is 11.4 Å². The van der Waals surface area contributed by atoms with Crippen molar-refractivity contribution < 1.29 is 5.11 Å². The number of hydrogen-bond donors (Lipinski definition) is 2. The number of nitrogens with zero attached hydrogens (tertiary/aromatic N) is 3. The second-order valence-corrected chi connectivity index (χ2v) is 6.22. The summed E-state index contributed by atoms with van der Waals surface area (Å²) < 4.78 is 0. The fourth-order valence-electron chi connectivity index (χ4n) is 2.49. The summed E-state index contributed by atoms with van der Waals surface area (Å²) in [5.41, 5.74) is 9.84. The van der Waals surface area contributed by atoms with Crippen LogP contribution in [0.3, 0.4) is 0 Å². The van der Waals surface area contributed by atoms with Crippen molar-refractivity contribution in [2.45, 2.75) is 26.7 Å². The number of aromatic hydroxyl groups is 1. The highest BCUT2D eigenvalue weighted by atomic mass is 16.3. The minimum Gasteiger partial charge on any atom is -0.504 e. The van der Waals surface area contributed by atoms with E-state index < -0.39 is 0 Å². The molecule has 1 aromatic heterocycles. The lowest BCUT2D eigenvalue weighted by atomic mass is 9.96. The van der Waals surface area contributed by atoms with Gasteiger partial charge in [-0.05, 0) is 48.6 Å². The van der Waals surface area contributed by atoms with Crippen molar-refractivity contribution in [2.75, 3.05) is 5.73 Å². The average molecular weight is 306 g/mol. The molecular weight excluding hydrogens is 287 g/mol. The molecule has 2 radical (unpaired) electrons. The highest BCUT2D eigenvalue weighted by Crippen LogP contribution is 2.30. The number of phenolic OH excluding ortho intramolecular Hbond substituents is 1. The molecule has 1 heterocycles. The number of aromatic nitrogens is 3. The van der Waals surface area contributed by atoms with Gasteiger partial charge in [-0.2, -0.15) is 0 Å². The maximum absolute atomic E-state index is 10.3. The predicted octanol–water partition coefficient (Wildman–Crippen LogP) is 2.09. The Balaban J connectivity index is 2.05. The number of benzene rings is 2. The number of anilines is 1. The van der Waals surface area contributed by atoms with Gasteiger partial charge in [-0.3, -0.25) is 0 Å². The highest BCUT2D eigenvalue weighted by Gasteiger charge is 2.13. The first-order chi connectivity index (χ1) is 10.9. The lowest BCUT2D eigenvalue weighted by molar-refractivity contribution is 0.470. The van der Waals surface area contributed by atoms with E-state index in [1.54, 1.807) is 18.2 Å². The number of nitrogen functional groups attached to an aromatic ring is 1. The summed E-state index contributed by atoms with van der Waals surface area (Å²) >= 11 is 0. The van der Waals surface area contributed by atoms with Crippen molar-refractivity contribution in [3.63, 3.8) is 0 Å². The van der Waals surface area contributed by atoms with Gasteiger partial charge >= 0.3 is 0 Å². The second-order valence-electron chi connectivity index (χ2n) is 6.22. The SMILES string of the molecule is [B]c1ccc2nn(-c3cc(CCC(C)C)cc(N)c3O)nc2c1. The lowest BCUT2D eigenvalue weighted by Gasteiger charge is -2.10. The molecule has 0 bridgehead atoms. The van der Waals surface area contributed by atoms with Gasteiger partial charge in [0, 0.05) is 0 Å². The van der Waals surface area contributed by atoms with Gasteiger partial charge in [0.15, 0.2) is 5.75 Å². The van der Waals surface area contributed by atoms with Crippen LogP contribution in [-0.4, -0.2) is 27.9 Å². The van der Waals surface area contributed by atoms with Gasteiger partial charge in [0.05, 0.1) is 5.69 Å². The zero-order valence-electron chi connectivity index (χ0n) is 13.3. The van der Waals surface area contributed by atoms with Crippen molar-refractivity contribution >= 4 is 30.0 Å². The van der Waals surface area contributed by atoms with Crippen LogP contribution in [-0.2, 0) is 6.42 Å². The molecule has 3 aromatic rings. The van der Waals surface area contributed by atoms with Crippen molar-refractivity contribution in [3.05, 3.63) is 35.9 Å². The van der Waals surface area contributed by atoms with E-state index in [0.717, 1.165) is 18.4 Å². The van der Waals surface area contributed by atoms with Crippen LogP contribution in [0.25, 0.3) is 16.7 Å². The molecule has 0 aliphatic carbocycles. The molecule has 2 aromatic carbocycles. The fraction of sp³-hybridized carbons (Fsp3) is 0.294. The Kier molecular flexibility index (Phi) is 3.98. The van der Waals surface area contributed by atoms with Gasteiger partial charge in [0.1, 0.15) is 24.6 Å². The number of phenols is 1. The lowest BCUT2D eigenvalue weighted by Crippen LogP contribution is -2.03. The van der Waals surface area contributed by atoms with E-state index in [1.165, 1.54) is 4.80 Å². The summed E-state index contributed by atoms with van der Waals surface area (Å²) in [6.45, 7) is 4.35. The van der Waals surface area contributed by atoms with E-state index in [-0.39, 0.29) is 5.75 Å². The number of hydrogen-bond acceptors (Lipinski definition) is 4. The molecule has 0 amide bonds. The summed E-state index contributed by atoms with van der Waals surface area (Å²) in [4.78, 5) is 1.41. The Bertz CT molecular complexity index is 857. The second kappa shape index (κ2) is 5.95. The Labute approximate surface area is 136 Å². The molecular formula is C17H19BN4O. The average Bonchev–Trinajstić information content (AvgIpc) is 2.90. The van der Waals surface area contributed by atoms with Gasteiger partial charge in [-0.15, -0.1) is 15.0 Å². The van der Waals surface area contributed by atoms with Crippen LogP contribution >= 0.6 is 0 Å². The molecule has 0 atom stereocenters. The Morgan fingerprint density at radius 1 is 1.17 bits per heavy atom. The van der Waals surface area contributed by atoms with Crippen LogP contribution in [0, 0.1) is 5.92 Å². The number of nitrogens with two attached hydrogens (primary N) is 1. The first-order valence-corrected chi connectivity index (χ1v) is 7.68. The van der Waals surface area contributed by atoms with E-state index in [1.807, 2.05) is 12.1 Å². The van der Waals surface area contributed by atoms with Crippen LogP contribution in [0.1, 0.15) is 25.8 Å². The van der Waals surface area contributed by atoms with Crippen LogP contribution < -0.4 is 11.2 Å². The smallest absolute Gasteiger partial charge is 0.166 e. The third-order valence-electron chi connectivity index (χ3n) is 3.81. The molecule has 0 aliphatic rings. The van der Waals surface area contributed by atoms with E-state index in [2.05, 4.69) is 24.0 Å². The highest BCUT2D eigenvalue weighted by molar-refractivity contribution is 6.33. The molecule has 0 aliphatic heterocycles. The molecule has 23 heavy (non-hydrogen) atoms. The molecule has 3 rings (SSSR count). The van der Waals surface area contributed by atoms with Crippen molar-refractivity contribution in [1.29, 1.82) is 0 Å². The summed E-state index contributed by atoms with van der Waals surface area (Å²) in [5, 5.41) is 19.1. The van der Waals surface area contributed by atoms with Gasteiger partial charge in [-0.1, -0.05) is 25.4 Å². The maximum Gasteiger partial charge on any atom is 0.166 e. The summed E-state index contributed by atoms with van der Waals surface area (Å²) in [7, 11) is 5.77. The van der Waals surface area contributed by atoms with Crippen LogP contribution in [0.4, 0.5) is 5.69 Å². The monoisotopic (exact) mass is 306 g/mol. The predicted molar refractivity (Wildman–Crippen MR) is 93.5 cm³/mol. The summed E-state index contributed by atoms with van der Waals surface area (Å²) in [5.74, 6) is 0.591. The van der Waals surface area contributed by atoms with E-state index in [4.69, 9.17) is 13.6 Å². The first kappa shape index (κ1) is 15.4. The largest absolute Gasteiger partial charge is 0.504 e. The van der Waals surface area contributed by atoms with Crippen LogP contribution in [0.15, 0.2) is 30.3 Å². The zero-order valence-corrected chi connectivity index (χ0v) is 13.3. The van der Waals surface area contributed by atoms with Gasteiger partial charge in [0.25, 0.3) is 0 Å². The minimum absolute atomic E-state index is 0.00780. The number of aryl methyl sites for hydroxylation is 1. The fourth-order valence-corrected chi connectivity index (χ4v) is 2.49. The molecule has 116 valence electrons. The molecule has 0 fully saturated rings. The summed E-state index contributed by atoms with van der Waals surface area (Å²) in [6, 6.07) is 9.02. The standard InChI is InChI=1S/C17H19BN4O/c1-10(2)3-4-11-7-13(19)17(23)16(8-11)22-20-14-6-5-12(18)9-15(14)21-22/h5-10,23H,3-4,19H2,1-2H3. The van der Waals surface area contributed by atoms with Crippen LogP contribution in [0.2, 0.25) is 0 Å². The topological polar surface area (TPSA) is 77.0 Å². The van der Waals surface area contributed by atoms with E-state index >= 15 is 0 Å². The molecule has 0 saturated heterocycles. The molecule has 6 heteroatoms. The van der Waals surface area contributed by atoms with Crippen molar-refractivity contribution in [1.82, 2.24) is 15.0 Å². The van der Waals surface area contributed by atoms with Gasteiger partial charge < -0.3 is 10.8 Å². The summed E-state index contributed by atoms with van der Waals surface area (Å²) in [6.07, 6.45) is 1.94. The molecule has 3 N–H and O–H groups in total. The van der Waals surface area contributed by atoms with Gasteiger partial charge in [0.2, 0.25) is 0 Å². The Morgan fingerprint density at radius 3 is 2.65 bits per heavy atom. The zero-order chi connectivity index (χ0) is 16.6. The third kappa shape index (κ3) is 3.16. The normalized spacial score (nSPS) is 11.4. The third-order valence-corrected chi connectivity index (χ3v) is 3.81. The minimum atomic E-state index is -0.00780. The molecule has 0 spiro atoms. The van der Waals surface area contributed by atoms with E-state index in [0.29, 0.717) is 33.8 Å². The van der Waals surface area contributed by atoms with Crippen LogP contribution in [0.5, 0.6) is 5.75 Å². The quantitative estimate of drug-likeness (QED) is 0.439. The number of rotatable bonds is 4. The Morgan fingerprint density at radius 2 is 1.91 bits per heavy atom. The molecule has 0 unspecified atom stereocenters. The first-order valence-electron chi connectivity index (χ1n) is 7.68. The maximum atomic E-state index is 10.3. The Hall–Kier alpha value is -2.50. The molecule has 0 saturated carbocycles. The van der Waals surface area contributed by atoms with E-state index in [9.17, 15) is 5.11 Å². The number of fused-ring (bicyclic) bond motifs is 1.